The maximum atomic E-state index is 13.0. The van der Waals surface area contributed by atoms with E-state index in [0.29, 0.717) is 26.3 Å². The lowest BCUT2D eigenvalue weighted by atomic mass is 10.2. The second-order valence-electron chi connectivity index (χ2n) is 6.77. The third-order valence-electron chi connectivity index (χ3n) is 4.79. The molecule has 1 fully saturated rings. The number of morpholine rings is 1. The molecule has 1 aromatic heterocycles. The number of nitrogens with zero attached hydrogens (tertiary/aromatic N) is 3. The van der Waals surface area contributed by atoms with E-state index in [-0.39, 0.29) is 11.5 Å². The van der Waals surface area contributed by atoms with Crippen molar-refractivity contribution in [2.75, 3.05) is 32.9 Å². The number of hydrogen-bond donors (Lipinski definition) is 1. The van der Waals surface area contributed by atoms with Crippen molar-refractivity contribution in [3.8, 4) is 5.69 Å². The number of aryl methyl sites for hydroxylation is 1. The van der Waals surface area contributed by atoms with Crippen LogP contribution in [-0.2, 0) is 19.5 Å². The molecule has 2 heterocycles. The van der Waals surface area contributed by atoms with E-state index in [1.54, 1.807) is 25.1 Å². The smallest absolute Gasteiger partial charge is 0.427 e. The summed E-state index contributed by atoms with van der Waals surface area (Å²) in [4.78, 5) is 11.6. The molecule has 0 saturated carbocycles. The first-order chi connectivity index (χ1) is 14.3. The van der Waals surface area contributed by atoms with Crippen LogP contribution in [0.1, 0.15) is 23.9 Å². The molecule has 1 saturated heterocycles. The summed E-state index contributed by atoms with van der Waals surface area (Å²) in [6.45, 7) is 7.30. The Kier molecular flexibility index (Phi) is 6.91. The second kappa shape index (κ2) is 9.41. The second-order valence-corrected chi connectivity index (χ2v) is 8.70. The van der Waals surface area contributed by atoms with Gasteiger partial charge in [-0.2, -0.15) is 9.41 Å². The molecule has 0 unspecified atom stereocenters. The Morgan fingerprint density at radius 3 is 2.70 bits per heavy atom. The summed E-state index contributed by atoms with van der Waals surface area (Å²) in [6.07, 6.45) is 0.910. The molecule has 1 amide bonds. The lowest BCUT2D eigenvalue weighted by Crippen LogP contribution is -2.40. The van der Waals surface area contributed by atoms with Gasteiger partial charge in [0.2, 0.25) is 10.0 Å². The number of hydrazone groups is 1. The van der Waals surface area contributed by atoms with Crippen molar-refractivity contribution in [2.45, 2.75) is 25.7 Å². The van der Waals surface area contributed by atoms with Gasteiger partial charge < -0.3 is 14.0 Å². The fraction of sp³-hybridized carbons (Fsp3) is 0.400. The van der Waals surface area contributed by atoms with Crippen LogP contribution in [0.25, 0.3) is 5.69 Å². The van der Waals surface area contributed by atoms with Gasteiger partial charge in [0.25, 0.3) is 0 Å². The Hall–Kier alpha value is -2.69. The number of hydrogen-bond acceptors (Lipinski definition) is 6. The zero-order valence-corrected chi connectivity index (χ0v) is 18.1. The molecule has 1 aliphatic heterocycles. The molecule has 2 aromatic rings. The van der Waals surface area contributed by atoms with Gasteiger partial charge >= 0.3 is 6.09 Å². The number of sulfonamides is 1. The normalized spacial score (nSPS) is 15.4. The van der Waals surface area contributed by atoms with Crippen LogP contribution in [0, 0.1) is 13.8 Å². The highest BCUT2D eigenvalue weighted by molar-refractivity contribution is 7.89. The minimum Gasteiger partial charge on any atom is -0.449 e. The number of ether oxygens (including phenoxy) is 2. The maximum absolute atomic E-state index is 13.0. The van der Waals surface area contributed by atoms with E-state index in [9.17, 15) is 13.2 Å². The van der Waals surface area contributed by atoms with E-state index >= 15 is 0 Å². The van der Waals surface area contributed by atoms with Crippen LogP contribution in [0.3, 0.4) is 0 Å². The standard InChI is InChI=1S/C20H26N4O5S/c1-4-29-20(25)22-21-14-17-12-15(2)24(16(17)3)18-6-5-7-19(13-18)30(26,27)23-8-10-28-11-9-23/h5-7,12-14H,4,8-11H2,1-3H3,(H,22,25)/b21-14-. The molecule has 162 valence electrons. The third kappa shape index (κ3) is 4.72. The number of carbonyl (C=O) groups excluding carboxylic acids is 1. The van der Waals surface area contributed by atoms with Gasteiger partial charge in [-0.1, -0.05) is 6.07 Å². The monoisotopic (exact) mass is 434 g/mol. The lowest BCUT2D eigenvalue weighted by molar-refractivity contribution is 0.0730. The highest BCUT2D eigenvalue weighted by Crippen LogP contribution is 2.24. The van der Waals surface area contributed by atoms with Gasteiger partial charge in [-0.05, 0) is 45.0 Å². The lowest BCUT2D eigenvalue weighted by Gasteiger charge is -2.26. The Morgan fingerprint density at radius 2 is 2.00 bits per heavy atom. The molecular formula is C20H26N4O5S. The summed E-state index contributed by atoms with van der Waals surface area (Å²) in [6, 6.07) is 8.78. The number of nitrogens with one attached hydrogen (secondary N) is 1. The predicted octanol–water partition coefficient (Wildman–Crippen LogP) is 2.20. The minimum absolute atomic E-state index is 0.244. The molecule has 1 N–H and O–H groups in total. The maximum Gasteiger partial charge on any atom is 0.427 e. The third-order valence-corrected chi connectivity index (χ3v) is 6.68. The number of benzene rings is 1. The van der Waals surface area contributed by atoms with Gasteiger partial charge in [-0.3, -0.25) is 0 Å². The number of carbonyl (C=O) groups is 1. The van der Waals surface area contributed by atoms with Gasteiger partial charge in [0.1, 0.15) is 0 Å². The fourth-order valence-electron chi connectivity index (χ4n) is 3.35. The van der Waals surface area contributed by atoms with Gasteiger partial charge in [0, 0.05) is 35.7 Å². The molecule has 0 aliphatic carbocycles. The molecule has 0 bridgehead atoms. The van der Waals surface area contributed by atoms with Crippen LogP contribution >= 0.6 is 0 Å². The first-order valence-electron chi connectivity index (χ1n) is 9.67. The van der Waals surface area contributed by atoms with Crippen molar-refractivity contribution >= 4 is 22.3 Å². The zero-order chi connectivity index (χ0) is 21.7. The molecule has 9 nitrogen and oxygen atoms in total. The number of aromatic nitrogens is 1. The Bertz CT molecular complexity index is 1040. The molecule has 1 aliphatic rings. The molecule has 10 heteroatoms. The summed E-state index contributed by atoms with van der Waals surface area (Å²) in [5.41, 5.74) is 5.60. The van der Waals surface area contributed by atoms with E-state index in [4.69, 9.17) is 9.47 Å². The first-order valence-corrected chi connectivity index (χ1v) is 11.1. The molecule has 30 heavy (non-hydrogen) atoms. The van der Waals surface area contributed by atoms with Crippen LogP contribution in [0.4, 0.5) is 4.79 Å². The zero-order valence-electron chi connectivity index (χ0n) is 17.3. The van der Waals surface area contributed by atoms with Crippen LogP contribution in [0.2, 0.25) is 0 Å². The van der Waals surface area contributed by atoms with E-state index in [1.165, 1.54) is 10.5 Å². The summed E-state index contributed by atoms with van der Waals surface area (Å²) in [7, 11) is -3.59. The van der Waals surface area contributed by atoms with E-state index < -0.39 is 16.1 Å². The fourth-order valence-corrected chi connectivity index (χ4v) is 4.80. The van der Waals surface area contributed by atoms with Crippen LogP contribution in [-0.4, -0.2) is 62.5 Å². The highest BCUT2D eigenvalue weighted by atomic mass is 32.2. The molecule has 0 spiro atoms. The number of rotatable bonds is 6. The summed E-state index contributed by atoms with van der Waals surface area (Å²) in [5, 5.41) is 3.91. The topological polar surface area (TPSA) is 102 Å². The predicted molar refractivity (Wildman–Crippen MR) is 113 cm³/mol. The summed E-state index contributed by atoms with van der Waals surface area (Å²) in [5.74, 6) is 0. The SMILES string of the molecule is CCOC(=O)N/N=C\c1cc(C)n(-c2cccc(S(=O)(=O)N3CCOCC3)c2)c1C. The molecule has 0 radical (unpaired) electrons. The van der Waals surface area contributed by atoms with Crippen LogP contribution in [0.5, 0.6) is 0 Å². The van der Waals surface area contributed by atoms with Crippen molar-refractivity contribution in [2.24, 2.45) is 5.10 Å². The van der Waals surface area contributed by atoms with Gasteiger partial charge in [0.05, 0.1) is 30.9 Å². The van der Waals surface area contributed by atoms with E-state index in [1.807, 2.05) is 30.5 Å². The average Bonchev–Trinajstić information content (AvgIpc) is 3.02. The largest absolute Gasteiger partial charge is 0.449 e. The van der Waals surface area contributed by atoms with Crippen molar-refractivity contribution in [1.82, 2.24) is 14.3 Å². The van der Waals surface area contributed by atoms with Crippen molar-refractivity contribution in [3.63, 3.8) is 0 Å². The van der Waals surface area contributed by atoms with Crippen molar-refractivity contribution < 1.29 is 22.7 Å². The van der Waals surface area contributed by atoms with Gasteiger partial charge in [0.15, 0.2) is 0 Å². The Morgan fingerprint density at radius 1 is 1.27 bits per heavy atom. The van der Waals surface area contributed by atoms with Crippen molar-refractivity contribution in [3.05, 3.63) is 47.3 Å². The molecule has 1 aromatic carbocycles. The first kappa shape index (κ1) is 22.0. The quantitative estimate of drug-likeness (QED) is 0.555. The molecule has 0 atom stereocenters. The molecular weight excluding hydrogens is 408 g/mol. The molecule has 3 rings (SSSR count). The summed E-state index contributed by atoms with van der Waals surface area (Å²) >= 11 is 0. The van der Waals surface area contributed by atoms with E-state index in [2.05, 4.69) is 10.5 Å². The van der Waals surface area contributed by atoms with Crippen LogP contribution < -0.4 is 5.43 Å². The van der Waals surface area contributed by atoms with Crippen molar-refractivity contribution in [1.29, 1.82) is 0 Å². The average molecular weight is 435 g/mol. The minimum atomic E-state index is -3.59. The van der Waals surface area contributed by atoms with Gasteiger partial charge in [-0.15, -0.1) is 0 Å². The summed E-state index contributed by atoms with van der Waals surface area (Å²) < 4.78 is 39.4. The highest BCUT2D eigenvalue weighted by Gasteiger charge is 2.26. The van der Waals surface area contributed by atoms with Crippen LogP contribution in [0.15, 0.2) is 40.3 Å². The van der Waals surface area contributed by atoms with E-state index in [0.717, 1.165) is 22.6 Å². The Labute approximate surface area is 176 Å². The Balaban J connectivity index is 1.88. The van der Waals surface area contributed by atoms with Gasteiger partial charge in [-0.25, -0.2) is 18.6 Å². The number of amides is 1.